The fourth-order valence-electron chi connectivity index (χ4n) is 7.01. The highest BCUT2D eigenvalue weighted by Crippen LogP contribution is 2.41. The minimum absolute atomic E-state index is 0.909. The van der Waals surface area contributed by atoms with Crippen molar-refractivity contribution in [1.82, 2.24) is 19.1 Å². The van der Waals surface area contributed by atoms with Crippen molar-refractivity contribution in [1.29, 1.82) is 0 Å². The van der Waals surface area contributed by atoms with Crippen LogP contribution in [0.1, 0.15) is 0 Å². The van der Waals surface area contributed by atoms with E-state index in [1.807, 2.05) is 12.3 Å². The van der Waals surface area contributed by atoms with Crippen LogP contribution in [-0.2, 0) is 0 Å². The molecule has 0 spiro atoms. The summed E-state index contributed by atoms with van der Waals surface area (Å²) >= 11 is 1.74. The van der Waals surface area contributed by atoms with E-state index >= 15 is 0 Å². The second-order valence-corrected chi connectivity index (χ2v) is 12.5. The van der Waals surface area contributed by atoms with E-state index in [1.165, 1.54) is 42.5 Å². The summed E-state index contributed by atoms with van der Waals surface area (Å²) in [5.41, 5.74) is 7.93. The molecule has 0 aliphatic carbocycles. The first-order chi connectivity index (χ1) is 22.3. The third-order valence-corrected chi connectivity index (χ3v) is 10.1. The number of pyridine rings is 1. The van der Waals surface area contributed by atoms with Gasteiger partial charge in [-0.05, 0) is 53.9 Å². The monoisotopic (exact) mass is 592 g/mol. The van der Waals surface area contributed by atoms with Gasteiger partial charge in [-0.1, -0.05) is 91.0 Å². The SMILES string of the molecule is c1ccc(-n2c3ccccc3c3ccc(-n4c5cc(-c6nc7ccccc7s6)ccc5c5ccc6ccccc6c54)cc32)nc1. The van der Waals surface area contributed by atoms with Gasteiger partial charge in [0.15, 0.2) is 0 Å². The third-order valence-electron chi connectivity index (χ3n) is 8.99. The minimum atomic E-state index is 0.909. The number of rotatable bonds is 3. The second-order valence-electron chi connectivity index (χ2n) is 11.5. The Morgan fingerprint density at radius 2 is 1.24 bits per heavy atom. The molecule has 0 saturated carbocycles. The van der Waals surface area contributed by atoms with E-state index in [-0.39, 0.29) is 0 Å². The molecule has 0 amide bonds. The van der Waals surface area contributed by atoms with Gasteiger partial charge in [-0.15, -0.1) is 11.3 Å². The normalized spacial score (nSPS) is 12.0. The van der Waals surface area contributed by atoms with Crippen LogP contribution < -0.4 is 0 Å². The first kappa shape index (κ1) is 24.6. The van der Waals surface area contributed by atoms with Crippen LogP contribution in [0, 0.1) is 0 Å². The van der Waals surface area contributed by atoms with Crippen molar-refractivity contribution in [3.63, 3.8) is 0 Å². The average molecular weight is 593 g/mol. The fourth-order valence-corrected chi connectivity index (χ4v) is 7.97. The number of para-hydroxylation sites is 2. The summed E-state index contributed by atoms with van der Waals surface area (Å²) in [7, 11) is 0. The van der Waals surface area contributed by atoms with Gasteiger partial charge in [0, 0.05) is 44.4 Å². The maximum absolute atomic E-state index is 5.01. The highest BCUT2D eigenvalue weighted by molar-refractivity contribution is 7.21. The number of aromatic nitrogens is 4. The van der Waals surface area contributed by atoms with Crippen LogP contribution in [0.4, 0.5) is 0 Å². The van der Waals surface area contributed by atoms with Gasteiger partial charge in [0.25, 0.3) is 0 Å². The molecular weight excluding hydrogens is 569 g/mol. The van der Waals surface area contributed by atoms with E-state index in [0.29, 0.717) is 0 Å². The van der Waals surface area contributed by atoms with Crippen molar-refractivity contribution in [2.45, 2.75) is 0 Å². The van der Waals surface area contributed by atoms with Gasteiger partial charge in [0.2, 0.25) is 0 Å². The molecule has 5 heteroatoms. The van der Waals surface area contributed by atoms with Gasteiger partial charge in [-0.3, -0.25) is 4.57 Å². The van der Waals surface area contributed by atoms with Gasteiger partial charge in [0.05, 0.1) is 32.3 Å². The van der Waals surface area contributed by atoms with Crippen LogP contribution in [0.2, 0.25) is 0 Å². The van der Waals surface area contributed by atoms with Gasteiger partial charge >= 0.3 is 0 Å². The maximum Gasteiger partial charge on any atom is 0.137 e. The fraction of sp³-hybridized carbons (Fsp3) is 0. The Morgan fingerprint density at radius 3 is 2.16 bits per heavy atom. The van der Waals surface area contributed by atoms with E-state index in [9.17, 15) is 0 Å². The van der Waals surface area contributed by atoms with Crippen LogP contribution in [0.25, 0.3) is 86.7 Å². The molecule has 210 valence electrons. The van der Waals surface area contributed by atoms with Crippen LogP contribution in [0.15, 0.2) is 146 Å². The Hall–Kier alpha value is -5.78. The van der Waals surface area contributed by atoms with Crippen molar-refractivity contribution in [2.24, 2.45) is 0 Å². The van der Waals surface area contributed by atoms with Gasteiger partial charge < -0.3 is 4.57 Å². The largest absolute Gasteiger partial charge is 0.309 e. The van der Waals surface area contributed by atoms with Crippen LogP contribution in [-0.4, -0.2) is 19.1 Å². The summed E-state index contributed by atoms with van der Waals surface area (Å²) in [4.78, 5) is 9.77. The molecular formula is C40H24N4S. The lowest BCUT2D eigenvalue weighted by Gasteiger charge is -2.12. The molecule has 0 bridgehead atoms. The highest BCUT2D eigenvalue weighted by Gasteiger charge is 2.19. The highest BCUT2D eigenvalue weighted by atomic mass is 32.1. The van der Waals surface area contributed by atoms with Crippen LogP contribution >= 0.6 is 11.3 Å². The van der Waals surface area contributed by atoms with Crippen molar-refractivity contribution in [3.05, 3.63) is 146 Å². The topological polar surface area (TPSA) is 35.6 Å². The number of benzene rings is 6. The van der Waals surface area contributed by atoms with E-state index in [2.05, 4.69) is 143 Å². The molecule has 4 aromatic heterocycles. The minimum Gasteiger partial charge on any atom is -0.309 e. The summed E-state index contributed by atoms with van der Waals surface area (Å²) in [5, 5.41) is 8.39. The van der Waals surface area contributed by atoms with Crippen LogP contribution in [0.5, 0.6) is 0 Å². The molecule has 0 fully saturated rings. The molecule has 4 nitrogen and oxygen atoms in total. The average Bonchev–Trinajstić information content (AvgIpc) is 3.78. The molecule has 0 atom stereocenters. The Kier molecular flexibility index (Phi) is 5.12. The summed E-state index contributed by atoms with van der Waals surface area (Å²) in [6.07, 6.45) is 1.86. The molecule has 0 unspecified atom stereocenters. The number of nitrogens with zero attached hydrogens (tertiary/aromatic N) is 4. The first-order valence-corrected chi connectivity index (χ1v) is 15.9. The number of thiazole rings is 1. The lowest BCUT2D eigenvalue weighted by molar-refractivity contribution is 1.08. The van der Waals surface area contributed by atoms with Crippen molar-refractivity contribution in [2.75, 3.05) is 0 Å². The van der Waals surface area contributed by atoms with Crippen LogP contribution in [0.3, 0.4) is 0 Å². The molecule has 6 aromatic carbocycles. The standard InChI is InChI=1S/C40H24N4S/c1-2-10-28-25(9-1)16-20-32-31-19-17-26(40-42-33-12-4-6-14-37(33)45-40)23-35(31)43(39(28)32)27-18-21-30-29-11-3-5-13-34(29)44(36(30)24-27)38-15-7-8-22-41-38/h1-24H. The lowest BCUT2D eigenvalue weighted by Crippen LogP contribution is -1.98. The molecule has 0 aliphatic rings. The van der Waals surface area contributed by atoms with E-state index in [1.54, 1.807) is 11.3 Å². The number of hydrogen-bond acceptors (Lipinski definition) is 3. The molecule has 4 heterocycles. The molecule has 10 aromatic rings. The van der Waals surface area contributed by atoms with Gasteiger partial charge in [0.1, 0.15) is 10.8 Å². The van der Waals surface area contributed by atoms with Crippen molar-refractivity contribution in [3.8, 4) is 22.1 Å². The quantitative estimate of drug-likeness (QED) is 0.205. The Labute approximate surface area is 262 Å². The molecule has 0 aliphatic heterocycles. The summed E-state index contributed by atoms with van der Waals surface area (Å²) in [5.74, 6) is 0.909. The zero-order chi connectivity index (χ0) is 29.5. The third kappa shape index (κ3) is 3.59. The summed E-state index contributed by atoms with van der Waals surface area (Å²) < 4.78 is 5.93. The first-order valence-electron chi connectivity index (χ1n) is 15.1. The van der Waals surface area contributed by atoms with E-state index in [4.69, 9.17) is 9.97 Å². The molecule has 45 heavy (non-hydrogen) atoms. The Balaban J connectivity index is 1.32. The van der Waals surface area contributed by atoms with E-state index in [0.717, 1.165) is 44.1 Å². The predicted molar refractivity (Wildman–Crippen MR) is 189 cm³/mol. The zero-order valence-electron chi connectivity index (χ0n) is 24.1. The van der Waals surface area contributed by atoms with Gasteiger partial charge in [-0.2, -0.15) is 0 Å². The predicted octanol–water partition coefficient (Wildman–Crippen LogP) is 10.7. The Morgan fingerprint density at radius 1 is 0.511 bits per heavy atom. The zero-order valence-corrected chi connectivity index (χ0v) is 24.9. The number of hydrogen-bond donors (Lipinski definition) is 0. The summed E-state index contributed by atoms with van der Waals surface area (Å²) in [6, 6.07) is 50.0. The van der Waals surface area contributed by atoms with Crippen molar-refractivity contribution < 1.29 is 0 Å². The van der Waals surface area contributed by atoms with Crippen molar-refractivity contribution >= 4 is 75.9 Å². The second kappa shape index (κ2) is 9.36. The van der Waals surface area contributed by atoms with Gasteiger partial charge in [-0.25, -0.2) is 9.97 Å². The van der Waals surface area contributed by atoms with E-state index < -0.39 is 0 Å². The Bertz CT molecular complexity index is 2730. The lowest BCUT2D eigenvalue weighted by atomic mass is 10.1. The maximum atomic E-state index is 5.01. The number of fused-ring (bicyclic) bond motifs is 9. The summed E-state index contributed by atoms with van der Waals surface area (Å²) in [6.45, 7) is 0. The smallest absolute Gasteiger partial charge is 0.137 e. The molecule has 0 radical (unpaired) electrons. The molecule has 10 rings (SSSR count). The molecule has 0 saturated heterocycles. The molecule has 0 N–H and O–H groups in total.